The van der Waals surface area contributed by atoms with E-state index in [1.165, 1.54) is 0 Å². The Morgan fingerprint density at radius 1 is 1.42 bits per heavy atom. The number of hydrogen-bond donors (Lipinski definition) is 1. The molecule has 1 aromatic rings. The van der Waals surface area contributed by atoms with Crippen LogP contribution in [0.3, 0.4) is 0 Å². The Bertz CT molecular complexity index is 511. The lowest BCUT2D eigenvalue weighted by atomic mass is 9.76. The molecule has 1 aliphatic rings. The Morgan fingerprint density at radius 2 is 2.05 bits per heavy atom. The van der Waals surface area contributed by atoms with Gasteiger partial charge in [-0.25, -0.2) is 0 Å². The summed E-state index contributed by atoms with van der Waals surface area (Å²) in [5.74, 6) is -0.691. The molecule has 0 aromatic heterocycles. The summed E-state index contributed by atoms with van der Waals surface area (Å²) in [7, 11) is 0. The summed E-state index contributed by atoms with van der Waals surface area (Å²) in [5.41, 5.74) is 0.986. The molecule has 100 valence electrons. The molecule has 1 aliphatic heterocycles. The Balaban J connectivity index is 2.16. The van der Waals surface area contributed by atoms with Gasteiger partial charge in [-0.15, -0.1) is 0 Å². The highest BCUT2D eigenvalue weighted by atomic mass is 16.4. The third-order valence-electron chi connectivity index (χ3n) is 4.22. The Morgan fingerprint density at radius 3 is 2.58 bits per heavy atom. The van der Waals surface area contributed by atoms with Crippen molar-refractivity contribution >= 4 is 11.7 Å². The zero-order valence-corrected chi connectivity index (χ0v) is 11.1. The van der Waals surface area contributed by atoms with Gasteiger partial charge in [-0.3, -0.25) is 4.79 Å². The molecule has 0 bridgehead atoms. The van der Waals surface area contributed by atoms with Crippen LogP contribution in [-0.2, 0) is 4.79 Å². The van der Waals surface area contributed by atoms with Crippen LogP contribution in [0.2, 0.25) is 0 Å². The molecule has 0 atom stereocenters. The van der Waals surface area contributed by atoms with E-state index in [-0.39, 0.29) is 0 Å². The molecular formula is C15H18N2O2. The third kappa shape index (κ3) is 2.41. The largest absolute Gasteiger partial charge is 0.481 e. The number of nitriles is 1. The average Bonchev–Trinajstić information content (AvgIpc) is 2.47. The third-order valence-corrected chi connectivity index (χ3v) is 4.22. The molecule has 0 amide bonds. The summed E-state index contributed by atoms with van der Waals surface area (Å²) in [4.78, 5) is 13.5. The molecule has 0 unspecified atom stereocenters. The summed E-state index contributed by atoms with van der Waals surface area (Å²) in [5, 5.41) is 18.5. The first-order valence-electron chi connectivity index (χ1n) is 6.60. The van der Waals surface area contributed by atoms with Crippen molar-refractivity contribution in [2.75, 3.05) is 18.0 Å². The van der Waals surface area contributed by atoms with Gasteiger partial charge in [-0.05, 0) is 31.4 Å². The molecular weight excluding hydrogens is 240 g/mol. The number of aliphatic carboxylic acids is 1. The number of hydrogen-bond acceptors (Lipinski definition) is 3. The van der Waals surface area contributed by atoms with Crippen LogP contribution in [0.5, 0.6) is 0 Å². The second-order valence-electron chi connectivity index (χ2n) is 5.06. The van der Waals surface area contributed by atoms with Crippen LogP contribution >= 0.6 is 0 Å². The maximum atomic E-state index is 11.4. The van der Waals surface area contributed by atoms with Gasteiger partial charge in [0, 0.05) is 13.1 Å². The predicted octanol–water partition coefficient (Wildman–Crippen LogP) is 2.64. The van der Waals surface area contributed by atoms with E-state index in [4.69, 9.17) is 5.26 Å². The van der Waals surface area contributed by atoms with Crippen LogP contribution in [0.4, 0.5) is 5.69 Å². The number of para-hydroxylation sites is 1. The van der Waals surface area contributed by atoms with E-state index in [9.17, 15) is 9.90 Å². The SMILES string of the molecule is CCC1(C(=O)O)CCN(c2ccccc2C#N)CC1. The second-order valence-corrected chi connectivity index (χ2v) is 5.06. The topological polar surface area (TPSA) is 64.3 Å². The van der Waals surface area contributed by atoms with Gasteiger partial charge >= 0.3 is 5.97 Å². The maximum Gasteiger partial charge on any atom is 0.309 e. The smallest absolute Gasteiger partial charge is 0.309 e. The number of nitrogens with zero attached hydrogens (tertiary/aromatic N) is 2. The minimum absolute atomic E-state index is 0.585. The van der Waals surface area contributed by atoms with Gasteiger partial charge in [0.05, 0.1) is 16.7 Å². The van der Waals surface area contributed by atoms with Crippen molar-refractivity contribution in [2.45, 2.75) is 26.2 Å². The first kappa shape index (κ1) is 13.4. The van der Waals surface area contributed by atoms with E-state index in [1.54, 1.807) is 6.07 Å². The first-order chi connectivity index (χ1) is 9.13. The quantitative estimate of drug-likeness (QED) is 0.905. The van der Waals surface area contributed by atoms with Crippen molar-refractivity contribution in [1.82, 2.24) is 0 Å². The molecule has 2 rings (SSSR count). The first-order valence-corrected chi connectivity index (χ1v) is 6.60. The molecule has 1 heterocycles. The number of carboxylic acids is 1. The maximum absolute atomic E-state index is 11.4. The van der Waals surface area contributed by atoms with E-state index in [1.807, 2.05) is 25.1 Å². The Hall–Kier alpha value is -2.02. The lowest BCUT2D eigenvalue weighted by Crippen LogP contribution is -2.44. The van der Waals surface area contributed by atoms with Gasteiger partial charge in [-0.1, -0.05) is 19.1 Å². The molecule has 1 fully saturated rings. The molecule has 0 saturated carbocycles. The normalized spacial score (nSPS) is 17.8. The fourth-order valence-corrected chi connectivity index (χ4v) is 2.74. The minimum Gasteiger partial charge on any atom is -0.481 e. The van der Waals surface area contributed by atoms with Crippen LogP contribution in [-0.4, -0.2) is 24.2 Å². The van der Waals surface area contributed by atoms with Gasteiger partial charge in [0.25, 0.3) is 0 Å². The molecule has 0 spiro atoms. The number of piperidine rings is 1. The van der Waals surface area contributed by atoms with Gasteiger partial charge in [-0.2, -0.15) is 5.26 Å². The van der Waals surface area contributed by atoms with Gasteiger partial charge in [0.15, 0.2) is 0 Å². The molecule has 4 nitrogen and oxygen atoms in total. The molecule has 1 saturated heterocycles. The number of benzene rings is 1. The van der Waals surface area contributed by atoms with Crippen LogP contribution in [0.25, 0.3) is 0 Å². The summed E-state index contributed by atoms with van der Waals surface area (Å²) in [6.45, 7) is 3.32. The standard InChI is InChI=1S/C15H18N2O2/c1-2-15(14(18)19)7-9-17(10-8-15)13-6-4-3-5-12(13)11-16/h3-6H,2,7-10H2,1H3,(H,18,19). The van der Waals surface area contributed by atoms with Crippen LogP contribution in [0.15, 0.2) is 24.3 Å². The zero-order chi connectivity index (χ0) is 13.9. The molecule has 1 N–H and O–H groups in total. The lowest BCUT2D eigenvalue weighted by Gasteiger charge is -2.39. The monoisotopic (exact) mass is 258 g/mol. The molecule has 4 heteroatoms. The van der Waals surface area contributed by atoms with Crippen molar-refractivity contribution in [3.05, 3.63) is 29.8 Å². The van der Waals surface area contributed by atoms with E-state index in [2.05, 4.69) is 11.0 Å². The van der Waals surface area contributed by atoms with Gasteiger partial charge in [0.1, 0.15) is 6.07 Å². The van der Waals surface area contributed by atoms with Gasteiger partial charge < -0.3 is 10.0 Å². The lowest BCUT2D eigenvalue weighted by molar-refractivity contribution is -0.150. The summed E-state index contributed by atoms with van der Waals surface area (Å²) in [6.07, 6.45) is 1.94. The van der Waals surface area contributed by atoms with Crippen LogP contribution in [0, 0.1) is 16.7 Å². The highest BCUT2D eigenvalue weighted by Crippen LogP contribution is 2.37. The number of rotatable bonds is 3. The number of anilines is 1. The van der Waals surface area contributed by atoms with Gasteiger partial charge in [0.2, 0.25) is 0 Å². The predicted molar refractivity (Wildman–Crippen MR) is 73.0 cm³/mol. The summed E-state index contributed by atoms with van der Waals surface area (Å²) >= 11 is 0. The van der Waals surface area contributed by atoms with Crippen molar-refractivity contribution < 1.29 is 9.90 Å². The van der Waals surface area contributed by atoms with Crippen LogP contribution in [0.1, 0.15) is 31.7 Å². The highest BCUT2D eigenvalue weighted by Gasteiger charge is 2.40. The Kier molecular flexibility index (Phi) is 3.75. The van der Waals surface area contributed by atoms with E-state index in [0.29, 0.717) is 37.9 Å². The number of carbonyl (C=O) groups is 1. The van der Waals surface area contributed by atoms with E-state index < -0.39 is 11.4 Å². The van der Waals surface area contributed by atoms with Crippen molar-refractivity contribution in [3.8, 4) is 6.07 Å². The van der Waals surface area contributed by atoms with E-state index in [0.717, 1.165) is 5.69 Å². The second kappa shape index (κ2) is 5.31. The van der Waals surface area contributed by atoms with E-state index >= 15 is 0 Å². The summed E-state index contributed by atoms with van der Waals surface area (Å²) in [6, 6.07) is 9.68. The van der Waals surface area contributed by atoms with Crippen molar-refractivity contribution in [3.63, 3.8) is 0 Å². The van der Waals surface area contributed by atoms with Crippen molar-refractivity contribution in [1.29, 1.82) is 5.26 Å². The highest BCUT2D eigenvalue weighted by molar-refractivity contribution is 5.75. The van der Waals surface area contributed by atoms with Crippen LogP contribution < -0.4 is 4.90 Å². The molecule has 0 radical (unpaired) electrons. The fourth-order valence-electron chi connectivity index (χ4n) is 2.74. The summed E-state index contributed by atoms with van der Waals surface area (Å²) < 4.78 is 0. The average molecular weight is 258 g/mol. The molecule has 19 heavy (non-hydrogen) atoms. The Labute approximate surface area is 113 Å². The minimum atomic E-state index is -0.691. The fraction of sp³-hybridized carbons (Fsp3) is 0.467. The van der Waals surface area contributed by atoms with Crippen molar-refractivity contribution in [2.24, 2.45) is 5.41 Å². The zero-order valence-electron chi connectivity index (χ0n) is 11.1. The number of carboxylic acid groups (broad SMARTS) is 1. The molecule has 1 aromatic carbocycles. The molecule has 0 aliphatic carbocycles.